The maximum absolute atomic E-state index is 12.3. The highest BCUT2D eigenvalue weighted by Crippen LogP contribution is 2.35. The van der Waals surface area contributed by atoms with Crippen LogP contribution < -0.4 is 0 Å². The number of nitriles is 1. The molecule has 0 unspecified atom stereocenters. The van der Waals surface area contributed by atoms with Gasteiger partial charge < -0.3 is 4.74 Å². The summed E-state index contributed by atoms with van der Waals surface area (Å²) in [5, 5.41) is 9.60. The van der Waals surface area contributed by atoms with Gasteiger partial charge in [0.25, 0.3) is 0 Å². The largest absolute Gasteiger partial charge is 0.465 e. The summed E-state index contributed by atoms with van der Waals surface area (Å²) in [6.07, 6.45) is 0. The zero-order valence-electron chi connectivity index (χ0n) is 13.1. The molecule has 0 aliphatic rings. The van der Waals surface area contributed by atoms with E-state index >= 15 is 0 Å². The molecule has 2 aromatic carbocycles. The van der Waals surface area contributed by atoms with Gasteiger partial charge in [-0.2, -0.15) is 5.26 Å². The Labute approximate surface area is 145 Å². The van der Waals surface area contributed by atoms with Gasteiger partial charge in [-0.1, -0.05) is 52.3 Å². The van der Waals surface area contributed by atoms with Crippen LogP contribution in [0.25, 0.3) is 0 Å². The van der Waals surface area contributed by atoms with E-state index < -0.39 is 11.9 Å². The Bertz CT molecular complexity index is 719. The lowest BCUT2D eigenvalue weighted by molar-refractivity contribution is -0.146. The van der Waals surface area contributed by atoms with E-state index in [2.05, 4.69) is 22.0 Å². The molecule has 0 bridgehead atoms. The number of carbonyl (C=O) groups excluding carboxylic acids is 1. The molecule has 2 atom stereocenters. The number of carbonyl (C=O) groups is 1. The van der Waals surface area contributed by atoms with Gasteiger partial charge in [0.15, 0.2) is 5.92 Å². The Hall–Kier alpha value is -2.12. The lowest BCUT2D eigenvalue weighted by Gasteiger charge is -2.23. The first-order valence-electron chi connectivity index (χ1n) is 7.45. The number of ether oxygens (including phenoxy) is 1. The first kappa shape index (κ1) is 17.2. The number of esters is 1. The molecule has 118 valence electrons. The van der Waals surface area contributed by atoms with E-state index in [0.717, 1.165) is 21.2 Å². The summed E-state index contributed by atoms with van der Waals surface area (Å²) in [5.41, 5.74) is 2.93. The molecule has 0 aliphatic carbocycles. The minimum absolute atomic E-state index is 0.262. The van der Waals surface area contributed by atoms with Crippen LogP contribution in [0.1, 0.15) is 29.5 Å². The fourth-order valence-electron chi connectivity index (χ4n) is 2.65. The summed E-state index contributed by atoms with van der Waals surface area (Å²) in [6, 6.07) is 17.7. The topological polar surface area (TPSA) is 50.1 Å². The third-order valence-electron chi connectivity index (χ3n) is 3.77. The van der Waals surface area contributed by atoms with Gasteiger partial charge in [-0.15, -0.1) is 0 Å². The number of hydrogen-bond acceptors (Lipinski definition) is 3. The van der Waals surface area contributed by atoms with Gasteiger partial charge in [-0.25, -0.2) is 0 Å². The predicted molar refractivity (Wildman–Crippen MR) is 92.9 cm³/mol. The van der Waals surface area contributed by atoms with Crippen LogP contribution in [0, 0.1) is 24.2 Å². The van der Waals surface area contributed by atoms with E-state index in [4.69, 9.17) is 4.74 Å². The molecule has 0 spiro atoms. The van der Waals surface area contributed by atoms with Crippen molar-refractivity contribution in [1.29, 1.82) is 5.26 Å². The summed E-state index contributed by atoms with van der Waals surface area (Å²) in [6.45, 7) is 3.99. The van der Waals surface area contributed by atoms with Crippen LogP contribution in [0.3, 0.4) is 0 Å². The quantitative estimate of drug-likeness (QED) is 0.722. The van der Waals surface area contributed by atoms with Crippen molar-refractivity contribution in [3.8, 4) is 6.07 Å². The van der Waals surface area contributed by atoms with E-state index in [1.807, 2.05) is 55.5 Å². The van der Waals surface area contributed by atoms with E-state index in [0.29, 0.717) is 0 Å². The summed E-state index contributed by atoms with van der Waals surface area (Å²) in [5.74, 6) is -1.71. The third-order valence-corrected chi connectivity index (χ3v) is 4.29. The molecular weight excluding hydrogens is 354 g/mol. The van der Waals surface area contributed by atoms with E-state index in [-0.39, 0.29) is 12.5 Å². The van der Waals surface area contributed by atoms with Gasteiger partial charge in [0, 0.05) is 10.4 Å². The zero-order valence-corrected chi connectivity index (χ0v) is 14.7. The zero-order chi connectivity index (χ0) is 16.8. The second-order valence-electron chi connectivity index (χ2n) is 5.24. The second kappa shape index (κ2) is 7.94. The number of nitrogens with zero attached hydrogens (tertiary/aromatic N) is 1. The van der Waals surface area contributed by atoms with Crippen molar-refractivity contribution in [2.45, 2.75) is 19.8 Å². The predicted octanol–water partition coefficient (Wildman–Crippen LogP) is 4.59. The highest BCUT2D eigenvalue weighted by molar-refractivity contribution is 9.10. The lowest BCUT2D eigenvalue weighted by Crippen LogP contribution is -2.24. The van der Waals surface area contributed by atoms with Crippen LogP contribution in [-0.2, 0) is 9.53 Å². The second-order valence-corrected chi connectivity index (χ2v) is 6.16. The SMILES string of the molecule is CCOC(=O)[C@@H](C#N)[C@H](c1ccc(Br)cc1)c1ccccc1C. The maximum atomic E-state index is 12.3. The Morgan fingerprint density at radius 3 is 2.43 bits per heavy atom. The molecule has 0 fully saturated rings. The van der Waals surface area contributed by atoms with Crippen LogP contribution in [0.4, 0.5) is 0 Å². The fourth-order valence-corrected chi connectivity index (χ4v) is 2.92. The molecule has 0 saturated carbocycles. The Morgan fingerprint density at radius 1 is 1.22 bits per heavy atom. The first-order valence-corrected chi connectivity index (χ1v) is 8.25. The van der Waals surface area contributed by atoms with Crippen molar-refractivity contribution >= 4 is 21.9 Å². The molecule has 2 aromatic rings. The smallest absolute Gasteiger partial charge is 0.324 e. The monoisotopic (exact) mass is 371 g/mol. The van der Waals surface area contributed by atoms with Crippen molar-refractivity contribution in [1.82, 2.24) is 0 Å². The molecule has 0 N–H and O–H groups in total. The van der Waals surface area contributed by atoms with Crippen molar-refractivity contribution in [3.05, 3.63) is 69.7 Å². The van der Waals surface area contributed by atoms with Crippen LogP contribution in [-0.4, -0.2) is 12.6 Å². The van der Waals surface area contributed by atoms with Gasteiger partial charge in [-0.3, -0.25) is 4.79 Å². The molecule has 4 heteroatoms. The Kier molecular flexibility index (Phi) is 5.95. The van der Waals surface area contributed by atoms with E-state index in [1.165, 1.54) is 0 Å². The minimum atomic E-state index is -0.878. The third kappa shape index (κ3) is 4.00. The van der Waals surface area contributed by atoms with E-state index in [1.54, 1.807) is 6.92 Å². The summed E-state index contributed by atoms with van der Waals surface area (Å²) >= 11 is 3.42. The standard InChI is InChI=1S/C19H18BrNO2/c1-3-23-19(22)17(12-21)18(14-8-10-15(20)11-9-14)16-7-5-4-6-13(16)2/h4-11,17-18H,3H2,1-2H3/t17-,18+/m0/s1. The molecule has 0 aliphatic heterocycles. The fraction of sp³-hybridized carbons (Fsp3) is 0.263. The lowest BCUT2D eigenvalue weighted by atomic mass is 9.79. The van der Waals surface area contributed by atoms with Crippen molar-refractivity contribution < 1.29 is 9.53 Å². The highest BCUT2D eigenvalue weighted by Gasteiger charge is 2.33. The van der Waals surface area contributed by atoms with Crippen LogP contribution >= 0.6 is 15.9 Å². The number of aryl methyl sites for hydroxylation is 1. The molecule has 0 heterocycles. The Morgan fingerprint density at radius 2 is 1.87 bits per heavy atom. The van der Waals surface area contributed by atoms with Gasteiger partial charge >= 0.3 is 5.97 Å². The average molecular weight is 372 g/mol. The van der Waals surface area contributed by atoms with Crippen molar-refractivity contribution in [2.24, 2.45) is 5.92 Å². The molecule has 23 heavy (non-hydrogen) atoms. The minimum Gasteiger partial charge on any atom is -0.465 e. The Balaban J connectivity index is 2.55. The first-order chi connectivity index (χ1) is 11.1. The average Bonchev–Trinajstić information content (AvgIpc) is 2.55. The maximum Gasteiger partial charge on any atom is 0.324 e. The van der Waals surface area contributed by atoms with Gasteiger partial charge in [0.2, 0.25) is 0 Å². The molecule has 0 radical (unpaired) electrons. The molecule has 0 amide bonds. The highest BCUT2D eigenvalue weighted by atomic mass is 79.9. The number of benzene rings is 2. The molecular formula is C19H18BrNO2. The number of halogens is 1. The number of rotatable bonds is 5. The number of hydrogen-bond donors (Lipinski definition) is 0. The normalized spacial score (nSPS) is 13.0. The summed E-state index contributed by atoms with van der Waals surface area (Å²) in [7, 11) is 0. The van der Waals surface area contributed by atoms with Gasteiger partial charge in [0.1, 0.15) is 0 Å². The van der Waals surface area contributed by atoms with Crippen LogP contribution in [0.5, 0.6) is 0 Å². The van der Waals surface area contributed by atoms with Gasteiger partial charge in [-0.05, 0) is 42.7 Å². The molecule has 0 saturated heterocycles. The molecule has 3 nitrogen and oxygen atoms in total. The van der Waals surface area contributed by atoms with Crippen LogP contribution in [0.15, 0.2) is 53.0 Å². The van der Waals surface area contributed by atoms with Crippen molar-refractivity contribution in [3.63, 3.8) is 0 Å². The summed E-state index contributed by atoms with van der Waals surface area (Å²) in [4.78, 5) is 12.3. The van der Waals surface area contributed by atoms with Crippen LogP contribution in [0.2, 0.25) is 0 Å². The van der Waals surface area contributed by atoms with Gasteiger partial charge in [0.05, 0.1) is 12.7 Å². The van der Waals surface area contributed by atoms with Crippen molar-refractivity contribution in [2.75, 3.05) is 6.61 Å². The van der Waals surface area contributed by atoms with E-state index in [9.17, 15) is 10.1 Å². The molecule has 2 rings (SSSR count). The summed E-state index contributed by atoms with van der Waals surface area (Å²) < 4.78 is 6.06. The molecule has 0 aromatic heterocycles.